The summed E-state index contributed by atoms with van der Waals surface area (Å²) in [6.07, 6.45) is 0.807. The van der Waals surface area contributed by atoms with Crippen LogP contribution in [0.15, 0.2) is 54.6 Å². The van der Waals surface area contributed by atoms with Crippen LogP contribution in [0.25, 0.3) is 0 Å². The van der Waals surface area contributed by atoms with Crippen molar-refractivity contribution < 1.29 is 9.90 Å². The molecule has 2 aromatic rings. The molecule has 0 fully saturated rings. The Kier molecular flexibility index (Phi) is 5.56. The van der Waals surface area contributed by atoms with Crippen LogP contribution in [-0.2, 0) is 6.42 Å². The maximum absolute atomic E-state index is 12.1. The summed E-state index contributed by atoms with van der Waals surface area (Å²) in [5, 5.41) is 12.5. The molecule has 0 bridgehead atoms. The fraction of sp³-hybridized carbons (Fsp3) is 0.250. The van der Waals surface area contributed by atoms with E-state index in [-0.39, 0.29) is 5.91 Å². The molecule has 23 heavy (non-hydrogen) atoms. The number of hydrogen-bond acceptors (Lipinski definition) is 2. The van der Waals surface area contributed by atoms with Crippen molar-refractivity contribution in [1.29, 1.82) is 0 Å². The Morgan fingerprint density at radius 2 is 1.74 bits per heavy atom. The molecule has 2 N–H and O–H groups in total. The second kappa shape index (κ2) is 7.62. The van der Waals surface area contributed by atoms with Crippen LogP contribution in [0.3, 0.4) is 0 Å². The van der Waals surface area contributed by atoms with Crippen molar-refractivity contribution in [2.45, 2.75) is 25.9 Å². The molecule has 0 atom stereocenters. The monoisotopic (exact) mass is 307 g/mol. The van der Waals surface area contributed by atoms with E-state index in [4.69, 9.17) is 0 Å². The maximum atomic E-state index is 12.1. The predicted molar refractivity (Wildman–Crippen MR) is 92.1 cm³/mol. The van der Waals surface area contributed by atoms with Gasteiger partial charge in [-0.25, -0.2) is 0 Å². The Bertz CT molecular complexity index is 701. The van der Waals surface area contributed by atoms with Crippen molar-refractivity contribution in [3.05, 3.63) is 71.3 Å². The lowest BCUT2D eigenvalue weighted by atomic mass is 10.1. The van der Waals surface area contributed by atoms with Crippen LogP contribution in [0.2, 0.25) is 0 Å². The average Bonchev–Trinajstić information content (AvgIpc) is 2.54. The van der Waals surface area contributed by atoms with Gasteiger partial charge in [0.1, 0.15) is 5.60 Å². The van der Waals surface area contributed by atoms with Gasteiger partial charge in [-0.05, 0) is 50.1 Å². The van der Waals surface area contributed by atoms with E-state index in [0.29, 0.717) is 12.1 Å². The molecule has 0 aliphatic heterocycles. The Balaban J connectivity index is 1.88. The molecule has 2 rings (SSSR count). The summed E-state index contributed by atoms with van der Waals surface area (Å²) in [5.41, 5.74) is 1.55. The van der Waals surface area contributed by atoms with Crippen LogP contribution < -0.4 is 5.32 Å². The molecule has 3 nitrogen and oxygen atoms in total. The van der Waals surface area contributed by atoms with Crippen LogP contribution >= 0.6 is 0 Å². The smallest absolute Gasteiger partial charge is 0.251 e. The number of rotatable bonds is 4. The fourth-order valence-electron chi connectivity index (χ4n) is 2.00. The first-order valence-corrected chi connectivity index (χ1v) is 7.62. The number of amides is 1. The summed E-state index contributed by atoms with van der Waals surface area (Å²) in [6.45, 7) is 3.87. The van der Waals surface area contributed by atoms with Crippen LogP contribution in [0.5, 0.6) is 0 Å². The summed E-state index contributed by atoms with van der Waals surface area (Å²) in [5.74, 6) is 5.53. The van der Waals surface area contributed by atoms with E-state index in [0.717, 1.165) is 12.0 Å². The first kappa shape index (κ1) is 16.8. The summed E-state index contributed by atoms with van der Waals surface area (Å²) in [4.78, 5) is 12.1. The molecule has 3 heteroatoms. The van der Waals surface area contributed by atoms with Gasteiger partial charge in [-0.3, -0.25) is 4.79 Å². The number of carbonyl (C=O) groups is 1. The van der Waals surface area contributed by atoms with Gasteiger partial charge in [0.25, 0.3) is 5.91 Å². The number of nitrogens with one attached hydrogen (secondary N) is 1. The summed E-state index contributed by atoms with van der Waals surface area (Å²) in [6, 6.07) is 17.1. The standard InChI is InChI=1S/C20H21NO2/c1-20(2,23)14-12-17-8-10-18(11-9-17)19(22)21-15-13-16-6-4-3-5-7-16/h3-11,23H,13,15H2,1-2H3,(H,21,22). The zero-order chi connectivity index (χ0) is 16.7. The minimum atomic E-state index is -1.02. The maximum Gasteiger partial charge on any atom is 0.251 e. The molecule has 0 saturated heterocycles. The molecule has 2 aromatic carbocycles. The Labute approximate surface area is 137 Å². The highest BCUT2D eigenvalue weighted by Gasteiger charge is 2.07. The largest absolute Gasteiger partial charge is 0.378 e. The molecular formula is C20H21NO2. The van der Waals surface area contributed by atoms with Crippen LogP contribution in [0.4, 0.5) is 0 Å². The highest BCUT2D eigenvalue weighted by Crippen LogP contribution is 2.05. The lowest BCUT2D eigenvalue weighted by molar-refractivity contribution is 0.0954. The van der Waals surface area contributed by atoms with Gasteiger partial charge in [-0.2, -0.15) is 0 Å². The van der Waals surface area contributed by atoms with Crippen molar-refractivity contribution >= 4 is 5.91 Å². The van der Waals surface area contributed by atoms with Crippen molar-refractivity contribution in [2.75, 3.05) is 6.54 Å². The van der Waals surface area contributed by atoms with E-state index in [2.05, 4.69) is 17.2 Å². The normalized spacial score (nSPS) is 10.6. The van der Waals surface area contributed by atoms with Crippen LogP contribution in [0, 0.1) is 11.8 Å². The van der Waals surface area contributed by atoms with Gasteiger partial charge in [0, 0.05) is 17.7 Å². The molecular weight excluding hydrogens is 286 g/mol. The van der Waals surface area contributed by atoms with E-state index in [1.54, 1.807) is 38.1 Å². The highest BCUT2D eigenvalue weighted by molar-refractivity contribution is 5.94. The van der Waals surface area contributed by atoms with E-state index in [9.17, 15) is 9.90 Å². The summed E-state index contributed by atoms with van der Waals surface area (Å²) >= 11 is 0. The van der Waals surface area contributed by atoms with Crippen LogP contribution in [0.1, 0.15) is 35.3 Å². The minimum Gasteiger partial charge on any atom is -0.378 e. The number of carbonyl (C=O) groups excluding carboxylic acids is 1. The first-order valence-electron chi connectivity index (χ1n) is 7.62. The van der Waals surface area contributed by atoms with E-state index < -0.39 is 5.60 Å². The fourth-order valence-corrected chi connectivity index (χ4v) is 2.00. The highest BCUT2D eigenvalue weighted by atomic mass is 16.3. The van der Waals surface area contributed by atoms with Crippen molar-refractivity contribution in [3.63, 3.8) is 0 Å². The third-order valence-corrected chi connectivity index (χ3v) is 3.20. The first-order chi connectivity index (χ1) is 10.9. The SMILES string of the molecule is CC(C)(O)C#Cc1ccc(C(=O)NCCc2ccccc2)cc1. The minimum absolute atomic E-state index is 0.0945. The third kappa shape index (κ3) is 5.98. The lowest BCUT2D eigenvalue weighted by Gasteiger charge is -2.07. The van der Waals surface area contributed by atoms with Crippen molar-refractivity contribution in [2.24, 2.45) is 0 Å². The molecule has 0 aliphatic carbocycles. The van der Waals surface area contributed by atoms with E-state index in [1.165, 1.54) is 5.56 Å². The molecule has 0 aromatic heterocycles. The molecule has 0 saturated carbocycles. The van der Waals surface area contributed by atoms with Gasteiger partial charge < -0.3 is 10.4 Å². The molecule has 0 radical (unpaired) electrons. The van der Waals surface area contributed by atoms with Gasteiger partial charge in [0.2, 0.25) is 0 Å². The molecule has 118 valence electrons. The topological polar surface area (TPSA) is 49.3 Å². The van der Waals surface area contributed by atoms with Gasteiger partial charge >= 0.3 is 0 Å². The van der Waals surface area contributed by atoms with Gasteiger partial charge in [0.05, 0.1) is 0 Å². The van der Waals surface area contributed by atoms with E-state index in [1.807, 2.05) is 30.3 Å². The van der Waals surface area contributed by atoms with Gasteiger partial charge in [-0.1, -0.05) is 42.2 Å². The number of benzene rings is 2. The molecule has 0 aliphatic rings. The Morgan fingerprint density at radius 3 is 2.35 bits per heavy atom. The lowest BCUT2D eigenvalue weighted by Crippen LogP contribution is -2.25. The predicted octanol–water partition coefficient (Wildman–Crippen LogP) is 2.78. The second-order valence-corrected chi connectivity index (χ2v) is 5.88. The van der Waals surface area contributed by atoms with Crippen molar-refractivity contribution in [1.82, 2.24) is 5.32 Å². The average molecular weight is 307 g/mol. The quantitative estimate of drug-likeness (QED) is 0.853. The second-order valence-electron chi connectivity index (χ2n) is 5.88. The van der Waals surface area contributed by atoms with Crippen molar-refractivity contribution in [3.8, 4) is 11.8 Å². The van der Waals surface area contributed by atoms with Crippen LogP contribution in [-0.4, -0.2) is 23.2 Å². The number of aliphatic hydroxyl groups is 1. The van der Waals surface area contributed by atoms with Gasteiger partial charge in [0.15, 0.2) is 0 Å². The Hall–Kier alpha value is -2.57. The summed E-state index contributed by atoms with van der Waals surface area (Å²) < 4.78 is 0. The molecule has 0 unspecified atom stereocenters. The summed E-state index contributed by atoms with van der Waals surface area (Å²) in [7, 11) is 0. The van der Waals surface area contributed by atoms with E-state index >= 15 is 0 Å². The Morgan fingerprint density at radius 1 is 1.09 bits per heavy atom. The number of hydrogen-bond donors (Lipinski definition) is 2. The zero-order valence-corrected chi connectivity index (χ0v) is 13.5. The molecule has 1 amide bonds. The molecule has 0 heterocycles. The van der Waals surface area contributed by atoms with Gasteiger partial charge in [-0.15, -0.1) is 0 Å². The zero-order valence-electron chi connectivity index (χ0n) is 13.5. The molecule has 0 spiro atoms. The third-order valence-electron chi connectivity index (χ3n) is 3.20.